The van der Waals surface area contributed by atoms with Crippen molar-refractivity contribution in [2.75, 3.05) is 0 Å². The predicted molar refractivity (Wildman–Crippen MR) is 83.8 cm³/mol. The minimum atomic E-state index is -0.0778. The number of nitrogens with two attached hydrogens (primary N) is 1. The maximum Gasteiger partial charge on any atom is 0.253 e. The van der Waals surface area contributed by atoms with E-state index in [2.05, 4.69) is 10.3 Å². The van der Waals surface area contributed by atoms with Crippen molar-refractivity contribution < 1.29 is 4.79 Å². The van der Waals surface area contributed by atoms with Gasteiger partial charge in [0.25, 0.3) is 5.91 Å². The zero-order chi connectivity index (χ0) is 14.7. The van der Waals surface area contributed by atoms with Gasteiger partial charge in [0.05, 0.1) is 11.1 Å². The number of carbonyl (C=O) groups excluding carboxylic acids is 1. The molecule has 1 aromatic heterocycles. The Bertz CT molecular complexity index is 759. The average Bonchev–Trinajstić information content (AvgIpc) is 3.01. The van der Waals surface area contributed by atoms with Gasteiger partial charge >= 0.3 is 0 Å². The molecule has 0 fully saturated rings. The van der Waals surface area contributed by atoms with Crippen molar-refractivity contribution in [2.24, 2.45) is 5.73 Å². The monoisotopic (exact) mass is 279 g/mol. The van der Waals surface area contributed by atoms with Crippen molar-refractivity contribution in [1.82, 2.24) is 10.3 Å². The molecule has 0 unspecified atom stereocenters. The third-order valence-corrected chi connectivity index (χ3v) is 3.54. The largest absolute Gasteiger partial charge is 0.361 e. The smallest absolute Gasteiger partial charge is 0.253 e. The van der Waals surface area contributed by atoms with Crippen LogP contribution in [-0.2, 0) is 13.1 Å². The quantitative estimate of drug-likeness (QED) is 0.687. The molecule has 0 atom stereocenters. The molecule has 106 valence electrons. The molecular weight excluding hydrogens is 262 g/mol. The Hall–Kier alpha value is -2.59. The Morgan fingerprint density at radius 2 is 1.81 bits per heavy atom. The summed E-state index contributed by atoms with van der Waals surface area (Å²) in [6.07, 6.45) is 1.84. The minimum absolute atomic E-state index is 0.0778. The van der Waals surface area contributed by atoms with Gasteiger partial charge in [0.2, 0.25) is 0 Å². The first-order valence-electron chi connectivity index (χ1n) is 6.90. The van der Waals surface area contributed by atoms with Crippen LogP contribution in [0, 0.1) is 0 Å². The minimum Gasteiger partial charge on any atom is -0.361 e. The van der Waals surface area contributed by atoms with Crippen LogP contribution in [0.2, 0.25) is 0 Å². The third kappa shape index (κ3) is 2.80. The Labute approximate surface area is 123 Å². The summed E-state index contributed by atoms with van der Waals surface area (Å²) in [5.74, 6) is -0.0778. The van der Waals surface area contributed by atoms with Crippen LogP contribution in [0.4, 0.5) is 0 Å². The highest BCUT2D eigenvalue weighted by Crippen LogP contribution is 2.16. The molecule has 0 spiro atoms. The van der Waals surface area contributed by atoms with Crippen molar-refractivity contribution in [2.45, 2.75) is 13.1 Å². The lowest BCUT2D eigenvalue weighted by atomic mass is 10.1. The number of carbonyl (C=O) groups is 1. The first kappa shape index (κ1) is 13.4. The van der Waals surface area contributed by atoms with Crippen molar-refractivity contribution in [3.8, 4) is 0 Å². The first-order valence-corrected chi connectivity index (χ1v) is 6.90. The molecule has 0 aliphatic carbocycles. The van der Waals surface area contributed by atoms with Gasteiger partial charge in [-0.2, -0.15) is 0 Å². The van der Waals surface area contributed by atoms with Crippen LogP contribution in [0.15, 0.2) is 54.7 Å². The van der Waals surface area contributed by atoms with E-state index in [-0.39, 0.29) is 5.91 Å². The number of aromatic amines is 1. The highest BCUT2D eigenvalue weighted by Gasteiger charge is 2.10. The van der Waals surface area contributed by atoms with Crippen LogP contribution in [-0.4, -0.2) is 10.9 Å². The van der Waals surface area contributed by atoms with E-state index in [1.54, 1.807) is 0 Å². The number of benzene rings is 2. The van der Waals surface area contributed by atoms with Crippen LogP contribution < -0.4 is 11.1 Å². The van der Waals surface area contributed by atoms with Gasteiger partial charge < -0.3 is 16.0 Å². The summed E-state index contributed by atoms with van der Waals surface area (Å²) >= 11 is 0. The topological polar surface area (TPSA) is 70.9 Å². The van der Waals surface area contributed by atoms with E-state index in [9.17, 15) is 4.79 Å². The van der Waals surface area contributed by atoms with Gasteiger partial charge in [-0.1, -0.05) is 36.4 Å². The average molecular weight is 279 g/mol. The Balaban J connectivity index is 1.72. The van der Waals surface area contributed by atoms with E-state index in [0.29, 0.717) is 18.7 Å². The number of H-pyrrole nitrogens is 1. The summed E-state index contributed by atoms with van der Waals surface area (Å²) in [7, 11) is 0. The van der Waals surface area contributed by atoms with Crippen molar-refractivity contribution >= 4 is 16.8 Å². The molecule has 1 amide bonds. The summed E-state index contributed by atoms with van der Waals surface area (Å²) in [5.41, 5.74) is 9.24. The van der Waals surface area contributed by atoms with Crippen LogP contribution in [0.25, 0.3) is 10.9 Å². The van der Waals surface area contributed by atoms with Gasteiger partial charge in [0, 0.05) is 24.7 Å². The summed E-state index contributed by atoms with van der Waals surface area (Å²) in [5, 5.41) is 3.98. The summed E-state index contributed by atoms with van der Waals surface area (Å²) in [4.78, 5) is 15.4. The van der Waals surface area contributed by atoms with E-state index in [1.165, 1.54) is 0 Å². The van der Waals surface area contributed by atoms with Crippen molar-refractivity contribution in [1.29, 1.82) is 0 Å². The molecule has 0 saturated carbocycles. The molecule has 3 rings (SSSR count). The van der Waals surface area contributed by atoms with Crippen LogP contribution in [0.5, 0.6) is 0 Å². The van der Waals surface area contributed by atoms with Gasteiger partial charge in [0.15, 0.2) is 0 Å². The first-order chi connectivity index (χ1) is 10.3. The van der Waals surface area contributed by atoms with Gasteiger partial charge in [-0.3, -0.25) is 4.79 Å². The zero-order valence-corrected chi connectivity index (χ0v) is 11.6. The number of fused-ring (bicyclic) bond motifs is 1. The predicted octanol–water partition coefficient (Wildman–Crippen LogP) is 2.56. The SMILES string of the molecule is NCc1ccc(CNC(=O)c2cccc3cc[nH]c23)cc1. The summed E-state index contributed by atoms with van der Waals surface area (Å²) in [6.45, 7) is 1.03. The van der Waals surface area contributed by atoms with Crippen molar-refractivity contribution in [3.63, 3.8) is 0 Å². The maximum atomic E-state index is 12.3. The Morgan fingerprint density at radius 3 is 2.57 bits per heavy atom. The number of aromatic nitrogens is 1. The number of hydrogen-bond donors (Lipinski definition) is 3. The normalized spacial score (nSPS) is 10.7. The number of para-hydroxylation sites is 1. The van der Waals surface area contributed by atoms with E-state index < -0.39 is 0 Å². The van der Waals surface area contributed by atoms with Gasteiger partial charge in [0.1, 0.15) is 0 Å². The molecule has 0 saturated heterocycles. The molecule has 4 N–H and O–H groups in total. The zero-order valence-electron chi connectivity index (χ0n) is 11.6. The molecule has 2 aromatic carbocycles. The second kappa shape index (κ2) is 5.81. The molecule has 4 nitrogen and oxygen atoms in total. The lowest BCUT2D eigenvalue weighted by molar-refractivity contribution is 0.0952. The summed E-state index contributed by atoms with van der Waals surface area (Å²) in [6, 6.07) is 15.6. The fourth-order valence-corrected chi connectivity index (χ4v) is 2.34. The molecule has 1 heterocycles. The standard InChI is InChI=1S/C17H17N3O/c18-10-12-4-6-13(7-5-12)11-20-17(21)15-3-1-2-14-8-9-19-16(14)15/h1-9,19H,10-11,18H2,(H,20,21). The van der Waals surface area contributed by atoms with E-state index in [4.69, 9.17) is 5.73 Å². The van der Waals surface area contributed by atoms with E-state index in [1.807, 2.05) is 54.7 Å². The number of nitrogens with one attached hydrogen (secondary N) is 2. The maximum absolute atomic E-state index is 12.3. The molecule has 0 aliphatic heterocycles. The fraction of sp³-hybridized carbons (Fsp3) is 0.118. The molecule has 4 heteroatoms. The third-order valence-electron chi connectivity index (χ3n) is 3.54. The van der Waals surface area contributed by atoms with Gasteiger partial charge in [-0.15, -0.1) is 0 Å². The Kier molecular flexibility index (Phi) is 3.71. The lowest BCUT2D eigenvalue weighted by Crippen LogP contribution is -2.23. The fourth-order valence-electron chi connectivity index (χ4n) is 2.34. The van der Waals surface area contributed by atoms with Crippen LogP contribution in [0.1, 0.15) is 21.5 Å². The summed E-state index contributed by atoms with van der Waals surface area (Å²) < 4.78 is 0. The molecule has 3 aromatic rings. The van der Waals surface area contributed by atoms with E-state index >= 15 is 0 Å². The molecule has 0 bridgehead atoms. The molecule has 0 radical (unpaired) electrons. The number of hydrogen-bond acceptors (Lipinski definition) is 2. The Morgan fingerprint density at radius 1 is 1.05 bits per heavy atom. The number of amides is 1. The van der Waals surface area contributed by atoms with Crippen LogP contribution in [0.3, 0.4) is 0 Å². The molecule has 0 aliphatic rings. The molecular formula is C17H17N3O. The lowest BCUT2D eigenvalue weighted by Gasteiger charge is -2.07. The highest BCUT2D eigenvalue weighted by molar-refractivity contribution is 6.05. The van der Waals surface area contributed by atoms with Crippen molar-refractivity contribution in [3.05, 3.63) is 71.4 Å². The highest BCUT2D eigenvalue weighted by atomic mass is 16.1. The molecule has 21 heavy (non-hydrogen) atoms. The second-order valence-corrected chi connectivity index (χ2v) is 4.95. The van der Waals surface area contributed by atoms with Crippen LogP contribution >= 0.6 is 0 Å². The number of rotatable bonds is 4. The van der Waals surface area contributed by atoms with E-state index in [0.717, 1.165) is 22.0 Å². The van der Waals surface area contributed by atoms with Gasteiger partial charge in [-0.25, -0.2) is 0 Å². The van der Waals surface area contributed by atoms with Gasteiger partial charge in [-0.05, 0) is 23.3 Å². The second-order valence-electron chi connectivity index (χ2n) is 4.95.